The van der Waals surface area contributed by atoms with Crippen molar-refractivity contribution in [3.8, 4) is 17.0 Å². The lowest BCUT2D eigenvalue weighted by atomic mass is 10.1. The number of benzene rings is 1. The third-order valence-corrected chi connectivity index (χ3v) is 5.40. The first-order valence-corrected chi connectivity index (χ1v) is 9.88. The van der Waals surface area contributed by atoms with Crippen molar-refractivity contribution in [3.05, 3.63) is 48.7 Å². The number of nitrogens with one attached hydrogen (secondary N) is 1. The van der Waals surface area contributed by atoms with Crippen LogP contribution in [0.4, 0.5) is 4.39 Å². The number of thioether (sulfide) groups is 1. The van der Waals surface area contributed by atoms with E-state index in [-0.39, 0.29) is 23.8 Å². The van der Waals surface area contributed by atoms with Gasteiger partial charge >= 0.3 is 0 Å². The van der Waals surface area contributed by atoms with Gasteiger partial charge in [-0.2, -0.15) is 0 Å². The molecule has 2 N–H and O–H groups in total. The molecule has 28 heavy (non-hydrogen) atoms. The lowest BCUT2D eigenvalue weighted by molar-refractivity contribution is 0.198. The van der Waals surface area contributed by atoms with Crippen LogP contribution in [0.3, 0.4) is 0 Å². The molecule has 0 unspecified atom stereocenters. The maximum absolute atomic E-state index is 14.8. The summed E-state index contributed by atoms with van der Waals surface area (Å²) < 4.78 is 22.4. The standard InChI is InChI=1S/C21H22FN3O2S/c1-21(2,3)28-19-12-25-17(11-24-20(25)10-18(19)27-7-6-26)14-8-13-4-5-23-16(13)9-15(14)22/h4-5,8-12,23,26H,6-7H2,1-3H3. The van der Waals surface area contributed by atoms with Gasteiger partial charge in [-0.15, -0.1) is 11.8 Å². The zero-order chi connectivity index (χ0) is 19.9. The summed E-state index contributed by atoms with van der Waals surface area (Å²) in [6.45, 7) is 6.50. The fourth-order valence-electron chi connectivity index (χ4n) is 3.13. The van der Waals surface area contributed by atoms with Crippen LogP contribution in [0.1, 0.15) is 20.8 Å². The summed E-state index contributed by atoms with van der Waals surface area (Å²) in [5.74, 6) is 0.363. The number of aromatic amines is 1. The van der Waals surface area contributed by atoms with Crippen molar-refractivity contribution in [3.63, 3.8) is 0 Å². The number of aromatic nitrogens is 3. The van der Waals surface area contributed by atoms with Crippen molar-refractivity contribution < 1.29 is 14.2 Å². The Balaban J connectivity index is 1.87. The second kappa shape index (κ2) is 7.14. The Morgan fingerprint density at radius 3 is 2.86 bits per heavy atom. The average Bonchev–Trinajstić information content (AvgIpc) is 3.23. The number of nitrogens with zero attached hydrogens (tertiary/aromatic N) is 2. The smallest absolute Gasteiger partial charge is 0.140 e. The van der Waals surface area contributed by atoms with Crippen LogP contribution >= 0.6 is 11.8 Å². The molecule has 3 heterocycles. The van der Waals surface area contributed by atoms with Crippen LogP contribution < -0.4 is 4.74 Å². The number of H-pyrrole nitrogens is 1. The second-order valence-electron chi connectivity index (χ2n) is 7.56. The number of fused-ring (bicyclic) bond motifs is 2. The number of halogens is 1. The zero-order valence-electron chi connectivity index (χ0n) is 16.0. The Kier molecular flexibility index (Phi) is 4.81. The summed E-state index contributed by atoms with van der Waals surface area (Å²) in [6, 6.07) is 7.09. The number of hydrogen-bond donors (Lipinski definition) is 2. The Labute approximate surface area is 166 Å². The van der Waals surface area contributed by atoms with E-state index in [1.807, 2.05) is 28.8 Å². The van der Waals surface area contributed by atoms with Crippen molar-refractivity contribution in [2.45, 2.75) is 30.4 Å². The average molecular weight is 399 g/mol. The van der Waals surface area contributed by atoms with Crippen LogP contribution in [0.15, 0.2) is 47.8 Å². The van der Waals surface area contributed by atoms with Gasteiger partial charge in [-0.3, -0.25) is 4.40 Å². The van der Waals surface area contributed by atoms with E-state index < -0.39 is 0 Å². The van der Waals surface area contributed by atoms with E-state index in [0.29, 0.717) is 22.7 Å². The molecule has 0 amide bonds. The maximum Gasteiger partial charge on any atom is 0.140 e. The van der Waals surface area contributed by atoms with Gasteiger partial charge in [0, 0.05) is 39.7 Å². The molecular formula is C21H22FN3O2S. The number of aliphatic hydroxyl groups is 1. The summed E-state index contributed by atoms with van der Waals surface area (Å²) in [7, 11) is 0. The molecule has 0 aliphatic carbocycles. The first kappa shape index (κ1) is 18.8. The maximum atomic E-state index is 14.8. The summed E-state index contributed by atoms with van der Waals surface area (Å²) in [5.41, 5.74) is 2.60. The first-order chi connectivity index (χ1) is 13.4. The second-order valence-corrected chi connectivity index (χ2v) is 9.43. The van der Waals surface area contributed by atoms with Crippen molar-refractivity contribution in [2.75, 3.05) is 13.2 Å². The molecule has 0 bridgehead atoms. The predicted molar refractivity (Wildman–Crippen MR) is 111 cm³/mol. The van der Waals surface area contributed by atoms with Crippen LogP contribution in [0, 0.1) is 5.82 Å². The highest BCUT2D eigenvalue weighted by atomic mass is 32.2. The highest BCUT2D eigenvalue weighted by Crippen LogP contribution is 2.39. The van der Waals surface area contributed by atoms with E-state index in [1.54, 1.807) is 24.2 Å². The Morgan fingerprint density at radius 1 is 1.29 bits per heavy atom. The van der Waals surface area contributed by atoms with Gasteiger partial charge in [0.25, 0.3) is 0 Å². The molecule has 4 rings (SSSR count). The Morgan fingerprint density at radius 2 is 2.11 bits per heavy atom. The minimum atomic E-state index is -0.303. The molecule has 1 aromatic carbocycles. The molecule has 5 nitrogen and oxygen atoms in total. The fraction of sp³-hybridized carbons (Fsp3) is 0.286. The third-order valence-electron chi connectivity index (χ3n) is 4.26. The predicted octanol–water partition coefficient (Wildman–Crippen LogP) is 4.88. The van der Waals surface area contributed by atoms with Crippen molar-refractivity contribution in [2.24, 2.45) is 0 Å². The van der Waals surface area contributed by atoms with Gasteiger partial charge in [0.05, 0.1) is 23.4 Å². The molecule has 3 aromatic heterocycles. The quantitative estimate of drug-likeness (QED) is 0.470. The summed E-state index contributed by atoms with van der Waals surface area (Å²) in [5, 5.41) is 10.1. The van der Waals surface area contributed by atoms with E-state index in [9.17, 15) is 4.39 Å². The van der Waals surface area contributed by atoms with E-state index in [1.165, 1.54) is 6.07 Å². The largest absolute Gasteiger partial charge is 0.490 e. The van der Waals surface area contributed by atoms with Crippen molar-refractivity contribution >= 4 is 28.3 Å². The number of aliphatic hydroxyl groups excluding tert-OH is 1. The third kappa shape index (κ3) is 3.59. The van der Waals surface area contributed by atoms with Crippen molar-refractivity contribution in [1.82, 2.24) is 14.4 Å². The van der Waals surface area contributed by atoms with Gasteiger partial charge in [0.1, 0.15) is 23.8 Å². The molecule has 0 spiro atoms. The molecule has 0 atom stereocenters. The number of rotatable bonds is 5. The minimum absolute atomic E-state index is 0.0406. The lowest BCUT2D eigenvalue weighted by Gasteiger charge is -2.20. The number of hydrogen-bond acceptors (Lipinski definition) is 4. The van der Waals surface area contributed by atoms with Gasteiger partial charge in [0.15, 0.2) is 0 Å². The minimum Gasteiger partial charge on any atom is -0.490 e. The van der Waals surface area contributed by atoms with E-state index >= 15 is 0 Å². The zero-order valence-corrected chi connectivity index (χ0v) is 16.8. The van der Waals surface area contributed by atoms with E-state index in [0.717, 1.165) is 15.8 Å². The summed E-state index contributed by atoms with van der Waals surface area (Å²) >= 11 is 1.65. The molecule has 0 radical (unpaired) electrons. The molecule has 146 valence electrons. The number of ether oxygens (including phenoxy) is 1. The molecule has 0 aliphatic heterocycles. The highest BCUT2D eigenvalue weighted by molar-refractivity contribution is 8.00. The van der Waals surface area contributed by atoms with Gasteiger partial charge < -0.3 is 14.8 Å². The van der Waals surface area contributed by atoms with Gasteiger partial charge in [-0.05, 0) is 18.2 Å². The van der Waals surface area contributed by atoms with Crippen LogP contribution in [0.5, 0.6) is 5.75 Å². The molecule has 0 fully saturated rings. The topological polar surface area (TPSA) is 62.6 Å². The summed E-state index contributed by atoms with van der Waals surface area (Å²) in [4.78, 5) is 8.39. The summed E-state index contributed by atoms with van der Waals surface area (Å²) in [6.07, 6.45) is 5.40. The van der Waals surface area contributed by atoms with Crippen LogP contribution in [0.2, 0.25) is 0 Å². The number of pyridine rings is 1. The molecule has 0 saturated carbocycles. The van der Waals surface area contributed by atoms with Crippen molar-refractivity contribution in [1.29, 1.82) is 0 Å². The molecule has 4 aromatic rings. The SMILES string of the molecule is CC(C)(C)Sc1cn2c(-c3cc4cc[nH]c4cc3F)cnc2cc1OCCO. The monoisotopic (exact) mass is 399 g/mol. The Hall–Kier alpha value is -2.51. The highest BCUT2D eigenvalue weighted by Gasteiger charge is 2.19. The van der Waals surface area contributed by atoms with Gasteiger partial charge in [0.2, 0.25) is 0 Å². The van der Waals surface area contributed by atoms with Crippen LogP contribution in [-0.4, -0.2) is 37.4 Å². The fourth-order valence-corrected chi connectivity index (χ4v) is 4.17. The normalized spacial score (nSPS) is 12.2. The van der Waals surface area contributed by atoms with Crippen LogP contribution in [0.25, 0.3) is 27.8 Å². The molecule has 0 saturated heterocycles. The first-order valence-electron chi connectivity index (χ1n) is 9.06. The Bertz CT molecular complexity index is 1140. The van der Waals surface area contributed by atoms with Gasteiger partial charge in [-0.1, -0.05) is 20.8 Å². The number of imidazole rings is 1. The molecule has 0 aliphatic rings. The lowest BCUT2D eigenvalue weighted by Crippen LogP contribution is -2.09. The van der Waals surface area contributed by atoms with Gasteiger partial charge in [-0.25, -0.2) is 9.37 Å². The van der Waals surface area contributed by atoms with E-state index in [2.05, 4.69) is 30.7 Å². The molecular weight excluding hydrogens is 377 g/mol. The van der Waals surface area contributed by atoms with E-state index in [4.69, 9.17) is 9.84 Å². The van der Waals surface area contributed by atoms with Crippen LogP contribution in [-0.2, 0) is 0 Å². The molecule has 7 heteroatoms.